The van der Waals surface area contributed by atoms with Crippen molar-refractivity contribution < 1.29 is 14.3 Å². The first-order chi connectivity index (χ1) is 11.1. The van der Waals surface area contributed by atoms with Crippen molar-refractivity contribution in [1.29, 1.82) is 0 Å². The van der Waals surface area contributed by atoms with Crippen LogP contribution in [-0.2, 0) is 9.53 Å². The number of ether oxygens (including phenoxy) is 1. The van der Waals surface area contributed by atoms with Gasteiger partial charge in [-0.1, -0.05) is 19.8 Å². The molecule has 0 spiro atoms. The van der Waals surface area contributed by atoms with Crippen molar-refractivity contribution in [2.75, 3.05) is 26.2 Å². The minimum absolute atomic E-state index is 0.113. The second-order valence-corrected chi connectivity index (χ2v) is 6.85. The summed E-state index contributed by atoms with van der Waals surface area (Å²) < 4.78 is 5.89. The first-order valence-electron chi connectivity index (χ1n) is 8.97. The molecule has 0 aromatic heterocycles. The number of carbonyl (C=O) groups is 2. The van der Waals surface area contributed by atoms with Crippen molar-refractivity contribution >= 4 is 11.9 Å². The van der Waals surface area contributed by atoms with E-state index in [1.807, 2.05) is 4.90 Å². The zero-order chi connectivity index (χ0) is 16.7. The van der Waals surface area contributed by atoms with Crippen LogP contribution in [0.2, 0.25) is 0 Å². The molecule has 6 nitrogen and oxygen atoms in total. The molecule has 2 N–H and O–H groups in total. The van der Waals surface area contributed by atoms with Crippen LogP contribution in [0.3, 0.4) is 0 Å². The number of nitrogens with zero attached hydrogens (tertiary/aromatic N) is 1. The van der Waals surface area contributed by atoms with Crippen LogP contribution < -0.4 is 10.6 Å². The lowest BCUT2D eigenvalue weighted by Crippen LogP contribution is -2.49. The van der Waals surface area contributed by atoms with Gasteiger partial charge in [-0.3, -0.25) is 4.79 Å². The number of nitrogens with one attached hydrogen (secondary N) is 2. The summed E-state index contributed by atoms with van der Waals surface area (Å²) in [4.78, 5) is 25.0. The number of rotatable bonds is 5. The molecule has 0 radical (unpaired) electrons. The predicted octanol–water partition coefficient (Wildman–Crippen LogP) is 1.89. The molecule has 1 aliphatic carbocycles. The monoisotopic (exact) mass is 325 g/mol. The Labute approximate surface area is 139 Å². The van der Waals surface area contributed by atoms with Crippen LogP contribution in [0.15, 0.2) is 0 Å². The Morgan fingerprint density at radius 2 is 1.83 bits per heavy atom. The maximum atomic E-state index is 11.9. The van der Waals surface area contributed by atoms with Crippen molar-refractivity contribution in [2.45, 2.75) is 64.5 Å². The molecule has 2 rings (SSSR count). The minimum Gasteiger partial charge on any atom is -0.376 e. The molecule has 0 bridgehead atoms. The molecule has 132 valence electrons. The molecule has 1 heterocycles. The maximum Gasteiger partial charge on any atom is 0.315 e. The highest BCUT2D eigenvalue weighted by Crippen LogP contribution is 2.25. The molecule has 6 heteroatoms. The maximum absolute atomic E-state index is 11.9. The van der Waals surface area contributed by atoms with E-state index in [1.165, 1.54) is 19.3 Å². The average molecular weight is 325 g/mol. The van der Waals surface area contributed by atoms with E-state index in [2.05, 4.69) is 17.6 Å². The first kappa shape index (κ1) is 18.0. The van der Waals surface area contributed by atoms with Gasteiger partial charge in [-0.05, 0) is 31.6 Å². The van der Waals surface area contributed by atoms with Crippen LogP contribution >= 0.6 is 0 Å². The molecule has 23 heavy (non-hydrogen) atoms. The van der Waals surface area contributed by atoms with Gasteiger partial charge in [-0.15, -0.1) is 0 Å². The third-order valence-electron chi connectivity index (χ3n) is 5.03. The summed E-state index contributed by atoms with van der Waals surface area (Å²) in [7, 11) is 0. The molecule has 2 atom stereocenters. The van der Waals surface area contributed by atoms with Crippen molar-refractivity contribution in [1.82, 2.24) is 15.5 Å². The Hall–Kier alpha value is -1.30. The van der Waals surface area contributed by atoms with Gasteiger partial charge in [-0.2, -0.15) is 0 Å². The predicted molar refractivity (Wildman–Crippen MR) is 89.2 cm³/mol. The summed E-state index contributed by atoms with van der Waals surface area (Å²) >= 11 is 0. The zero-order valence-electron chi connectivity index (χ0n) is 14.5. The number of piperidine rings is 1. The number of hydrogen-bond donors (Lipinski definition) is 2. The standard InChI is InChI=1S/C17H31N3O3/c1-13-5-3-4-6-16(13)23-12-9-18-17(22)19-15-7-10-20(11-8-15)14(2)21/h13,15-16H,3-12H2,1-2H3,(H2,18,19,22). The molecule has 2 fully saturated rings. The van der Waals surface area contributed by atoms with Gasteiger partial charge in [0.2, 0.25) is 5.91 Å². The molecular weight excluding hydrogens is 294 g/mol. The zero-order valence-corrected chi connectivity index (χ0v) is 14.5. The lowest BCUT2D eigenvalue weighted by Gasteiger charge is -2.31. The van der Waals surface area contributed by atoms with Crippen LogP contribution in [0.1, 0.15) is 52.4 Å². The van der Waals surface area contributed by atoms with E-state index >= 15 is 0 Å². The summed E-state index contributed by atoms with van der Waals surface area (Å²) in [5.74, 6) is 0.742. The van der Waals surface area contributed by atoms with E-state index in [1.54, 1.807) is 6.92 Å². The quantitative estimate of drug-likeness (QED) is 0.758. The van der Waals surface area contributed by atoms with E-state index in [4.69, 9.17) is 4.74 Å². The number of urea groups is 1. The molecule has 2 unspecified atom stereocenters. The highest BCUT2D eigenvalue weighted by molar-refractivity contribution is 5.74. The normalized spacial score (nSPS) is 25.9. The van der Waals surface area contributed by atoms with Gasteiger partial charge in [-0.25, -0.2) is 4.79 Å². The van der Waals surface area contributed by atoms with Crippen LogP contribution in [0.25, 0.3) is 0 Å². The molecule has 3 amide bonds. The van der Waals surface area contributed by atoms with Gasteiger partial charge in [0, 0.05) is 32.6 Å². The Morgan fingerprint density at radius 1 is 1.13 bits per heavy atom. The Kier molecular flexibility index (Phi) is 7.15. The topological polar surface area (TPSA) is 70.7 Å². The molecule has 1 saturated carbocycles. The van der Waals surface area contributed by atoms with E-state index in [0.717, 1.165) is 32.4 Å². The Balaban J connectivity index is 1.54. The van der Waals surface area contributed by atoms with Crippen molar-refractivity contribution in [3.8, 4) is 0 Å². The van der Waals surface area contributed by atoms with Crippen LogP contribution in [0, 0.1) is 5.92 Å². The van der Waals surface area contributed by atoms with Gasteiger partial charge in [0.25, 0.3) is 0 Å². The Morgan fingerprint density at radius 3 is 2.48 bits per heavy atom. The second kappa shape index (κ2) is 9.11. The Bertz CT molecular complexity index is 395. The second-order valence-electron chi connectivity index (χ2n) is 6.85. The van der Waals surface area contributed by atoms with Gasteiger partial charge in [0.05, 0.1) is 12.7 Å². The van der Waals surface area contributed by atoms with Gasteiger partial charge in [0.1, 0.15) is 0 Å². The first-order valence-corrected chi connectivity index (χ1v) is 8.97. The SMILES string of the molecule is CC(=O)N1CCC(NC(=O)NCCOC2CCCCC2C)CC1. The van der Waals surface area contributed by atoms with Gasteiger partial charge in [0.15, 0.2) is 0 Å². The van der Waals surface area contributed by atoms with Crippen LogP contribution in [-0.4, -0.2) is 55.2 Å². The van der Waals surface area contributed by atoms with Gasteiger partial charge < -0.3 is 20.3 Å². The number of hydrogen-bond acceptors (Lipinski definition) is 3. The summed E-state index contributed by atoms with van der Waals surface area (Å²) in [6.07, 6.45) is 6.95. The number of amides is 3. The molecule has 2 aliphatic rings. The molecule has 1 aliphatic heterocycles. The summed E-state index contributed by atoms with van der Waals surface area (Å²) in [6, 6.07) is 0.0245. The van der Waals surface area contributed by atoms with E-state index in [0.29, 0.717) is 25.2 Å². The lowest BCUT2D eigenvalue weighted by molar-refractivity contribution is -0.129. The summed E-state index contributed by atoms with van der Waals surface area (Å²) in [6.45, 7) is 6.41. The highest BCUT2D eigenvalue weighted by Gasteiger charge is 2.23. The van der Waals surface area contributed by atoms with Crippen molar-refractivity contribution in [3.05, 3.63) is 0 Å². The molecule has 1 saturated heterocycles. The fourth-order valence-corrected chi connectivity index (χ4v) is 3.48. The third-order valence-corrected chi connectivity index (χ3v) is 5.03. The number of likely N-dealkylation sites (tertiary alicyclic amines) is 1. The molecule has 0 aromatic rings. The minimum atomic E-state index is -0.133. The largest absolute Gasteiger partial charge is 0.376 e. The van der Waals surface area contributed by atoms with E-state index in [-0.39, 0.29) is 18.0 Å². The summed E-state index contributed by atoms with van der Waals surface area (Å²) in [5, 5.41) is 5.84. The summed E-state index contributed by atoms with van der Waals surface area (Å²) in [5.41, 5.74) is 0. The van der Waals surface area contributed by atoms with Crippen LogP contribution in [0.4, 0.5) is 4.79 Å². The smallest absolute Gasteiger partial charge is 0.315 e. The molecular formula is C17H31N3O3. The fourth-order valence-electron chi connectivity index (χ4n) is 3.48. The average Bonchev–Trinajstić information content (AvgIpc) is 2.53. The number of carbonyl (C=O) groups excluding carboxylic acids is 2. The van der Waals surface area contributed by atoms with Crippen molar-refractivity contribution in [3.63, 3.8) is 0 Å². The molecule has 0 aromatic carbocycles. The van der Waals surface area contributed by atoms with E-state index in [9.17, 15) is 9.59 Å². The van der Waals surface area contributed by atoms with E-state index < -0.39 is 0 Å². The van der Waals surface area contributed by atoms with Gasteiger partial charge >= 0.3 is 6.03 Å². The van der Waals surface area contributed by atoms with Crippen molar-refractivity contribution in [2.24, 2.45) is 5.92 Å². The third kappa shape index (κ3) is 6.01. The highest BCUT2D eigenvalue weighted by atomic mass is 16.5. The lowest BCUT2D eigenvalue weighted by atomic mass is 9.88. The fraction of sp³-hybridized carbons (Fsp3) is 0.882. The van der Waals surface area contributed by atoms with Crippen LogP contribution in [0.5, 0.6) is 0 Å².